The van der Waals surface area contributed by atoms with Crippen LogP contribution in [0.5, 0.6) is 0 Å². The van der Waals surface area contributed by atoms with Crippen molar-refractivity contribution in [2.24, 2.45) is 11.7 Å². The van der Waals surface area contributed by atoms with Gasteiger partial charge in [-0.2, -0.15) is 0 Å². The van der Waals surface area contributed by atoms with Crippen LogP contribution in [0.3, 0.4) is 0 Å². The molecular weight excluding hydrogens is 362 g/mol. The van der Waals surface area contributed by atoms with E-state index in [9.17, 15) is 14.4 Å². The molecule has 2 aliphatic heterocycles. The molecule has 1 aromatic rings. The average Bonchev–Trinajstić information content (AvgIpc) is 2.83. The zero-order valence-electron chi connectivity index (χ0n) is 12.6. The van der Waals surface area contributed by atoms with Gasteiger partial charge in [0.15, 0.2) is 0 Å². The number of likely N-dealkylation sites (tertiary alicyclic amines) is 1. The van der Waals surface area contributed by atoms with E-state index in [0.717, 1.165) is 17.3 Å². The van der Waals surface area contributed by atoms with E-state index < -0.39 is 6.04 Å². The first-order valence-corrected chi connectivity index (χ1v) is 8.42. The molecule has 2 N–H and O–H groups in total. The molecule has 2 atom stereocenters. The number of hydrogen-bond donors (Lipinski definition) is 1. The number of nitrogens with zero attached hydrogens (tertiary/aromatic N) is 2. The van der Waals surface area contributed by atoms with Crippen molar-refractivity contribution in [3.8, 4) is 0 Å². The van der Waals surface area contributed by atoms with Crippen LogP contribution in [0.1, 0.15) is 19.3 Å². The summed E-state index contributed by atoms with van der Waals surface area (Å²) in [6, 6.07) is 6.59. The number of amides is 3. The van der Waals surface area contributed by atoms with E-state index in [1.165, 1.54) is 4.90 Å². The third-order valence-corrected chi connectivity index (χ3v) is 5.03. The number of rotatable bonds is 3. The molecule has 1 aromatic carbocycles. The van der Waals surface area contributed by atoms with Gasteiger partial charge in [-0.3, -0.25) is 19.3 Å². The maximum Gasteiger partial charge on any atom is 0.251 e. The van der Waals surface area contributed by atoms with Crippen LogP contribution in [0.2, 0.25) is 0 Å². The summed E-state index contributed by atoms with van der Waals surface area (Å²) in [7, 11) is 0. The predicted molar refractivity (Wildman–Crippen MR) is 88.5 cm³/mol. The van der Waals surface area contributed by atoms with E-state index in [4.69, 9.17) is 5.73 Å². The van der Waals surface area contributed by atoms with Crippen LogP contribution in [0.4, 0.5) is 5.69 Å². The molecule has 2 aliphatic rings. The van der Waals surface area contributed by atoms with Gasteiger partial charge in [0.1, 0.15) is 0 Å². The lowest BCUT2D eigenvalue weighted by Crippen LogP contribution is -2.49. The van der Waals surface area contributed by atoms with Crippen molar-refractivity contribution in [3.63, 3.8) is 0 Å². The Kier molecular flexibility index (Phi) is 4.50. The largest absolute Gasteiger partial charge is 0.369 e. The van der Waals surface area contributed by atoms with Gasteiger partial charge in [0, 0.05) is 11.0 Å². The topological polar surface area (TPSA) is 83.7 Å². The van der Waals surface area contributed by atoms with Gasteiger partial charge < -0.3 is 5.73 Å². The normalized spacial score (nSPS) is 25.9. The highest BCUT2D eigenvalue weighted by Crippen LogP contribution is 2.29. The monoisotopic (exact) mass is 379 g/mol. The minimum Gasteiger partial charge on any atom is -0.369 e. The highest BCUT2D eigenvalue weighted by Gasteiger charge is 2.44. The maximum absolute atomic E-state index is 12.7. The fourth-order valence-corrected chi connectivity index (χ4v) is 3.55. The molecule has 6 nitrogen and oxygen atoms in total. The van der Waals surface area contributed by atoms with Crippen molar-refractivity contribution in [2.45, 2.75) is 25.3 Å². The first-order chi connectivity index (χ1) is 11.0. The number of carbonyl (C=O) groups excluding carboxylic acids is 3. The number of piperidine rings is 1. The molecule has 2 heterocycles. The summed E-state index contributed by atoms with van der Waals surface area (Å²) in [5.74, 6) is -1.00. The molecule has 3 amide bonds. The van der Waals surface area contributed by atoms with Crippen LogP contribution in [0, 0.1) is 5.92 Å². The Morgan fingerprint density at radius 1 is 1.22 bits per heavy atom. The molecule has 0 aromatic heterocycles. The number of carbonyl (C=O) groups is 3. The van der Waals surface area contributed by atoms with Crippen LogP contribution >= 0.6 is 15.9 Å². The lowest BCUT2D eigenvalue weighted by molar-refractivity contribution is -0.127. The summed E-state index contributed by atoms with van der Waals surface area (Å²) in [6.45, 7) is 1.16. The van der Waals surface area contributed by atoms with Crippen LogP contribution in [0.25, 0.3) is 0 Å². The molecule has 0 bridgehead atoms. The number of primary amides is 1. The van der Waals surface area contributed by atoms with Crippen LogP contribution in [-0.4, -0.2) is 41.8 Å². The van der Waals surface area contributed by atoms with Crippen molar-refractivity contribution in [3.05, 3.63) is 28.7 Å². The predicted octanol–water partition coefficient (Wildman–Crippen LogP) is 1.28. The highest BCUT2D eigenvalue weighted by atomic mass is 79.9. The molecule has 3 rings (SSSR count). The van der Waals surface area contributed by atoms with E-state index in [1.54, 1.807) is 24.3 Å². The third-order valence-electron chi connectivity index (χ3n) is 4.50. The lowest BCUT2D eigenvalue weighted by atomic mass is 9.96. The second-order valence-corrected chi connectivity index (χ2v) is 6.92. The summed E-state index contributed by atoms with van der Waals surface area (Å²) in [4.78, 5) is 39.6. The molecular formula is C16H18BrN3O3. The molecule has 0 spiro atoms. The van der Waals surface area contributed by atoms with Crippen molar-refractivity contribution in [2.75, 3.05) is 18.0 Å². The molecule has 23 heavy (non-hydrogen) atoms. The Labute approximate surface area is 142 Å². The Morgan fingerprint density at radius 2 is 1.91 bits per heavy atom. The smallest absolute Gasteiger partial charge is 0.251 e. The zero-order chi connectivity index (χ0) is 16.6. The number of hydrogen-bond acceptors (Lipinski definition) is 4. The average molecular weight is 380 g/mol. The van der Waals surface area contributed by atoms with E-state index in [0.29, 0.717) is 18.8 Å². The second-order valence-electron chi connectivity index (χ2n) is 6.00. The van der Waals surface area contributed by atoms with Crippen molar-refractivity contribution in [1.82, 2.24) is 4.90 Å². The molecule has 0 saturated carbocycles. The maximum atomic E-state index is 12.7. The molecule has 122 valence electrons. The molecule has 2 fully saturated rings. The quantitative estimate of drug-likeness (QED) is 0.801. The summed E-state index contributed by atoms with van der Waals surface area (Å²) in [5, 5.41) is 0. The number of anilines is 1. The summed E-state index contributed by atoms with van der Waals surface area (Å²) >= 11 is 3.34. The number of halogens is 1. The minimum atomic E-state index is -0.492. The zero-order valence-corrected chi connectivity index (χ0v) is 14.2. The molecule has 0 unspecified atom stereocenters. The van der Waals surface area contributed by atoms with Crippen molar-refractivity contribution < 1.29 is 14.4 Å². The first kappa shape index (κ1) is 16.1. The Bertz CT molecular complexity index is 646. The van der Waals surface area contributed by atoms with Crippen LogP contribution in [-0.2, 0) is 14.4 Å². The Balaban J connectivity index is 1.78. The van der Waals surface area contributed by atoms with E-state index in [1.807, 2.05) is 4.90 Å². The molecule has 7 heteroatoms. The van der Waals surface area contributed by atoms with Crippen LogP contribution < -0.4 is 10.6 Å². The van der Waals surface area contributed by atoms with Gasteiger partial charge in [-0.05, 0) is 43.7 Å². The standard InChI is InChI=1S/C16H18BrN3O3/c17-11-3-5-12(6-4-11)20-14(21)8-13(16(20)23)19-7-1-2-10(9-19)15(18)22/h3-6,10,13H,1-2,7-9H2,(H2,18,22)/t10-,13-/m1/s1. The summed E-state index contributed by atoms with van der Waals surface area (Å²) < 4.78 is 0.886. The molecule has 0 radical (unpaired) electrons. The third kappa shape index (κ3) is 3.16. The highest BCUT2D eigenvalue weighted by molar-refractivity contribution is 9.10. The fourth-order valence-electron chi connectivity index (χ4n) is 3.28. The number of nitrogens with two attached hydrogens (primary N) is 1. The van der Waals surface area contributed by atoms with E-state index in [2.05, 4.69) is 15.9 Å². The fraction of sp³-hybridized carbons (Fsp3) is 0.438. The van der Waals surface area contributed by atoms with Gasteiger partial charge in [-0.1, -0.05) is 15.9 Å². The molecule has 2 saturated heterocycles. The Hall–Kier alpha value is -1.73. The SMILES string of the molecule is NC(=O)[C@@H]1CCCN([C@@H]2CC(=O)N(c3ccc(Br)cc3)C2=O)C1. The van der Waals surface area contributed by atoms with Crippen molar-refractivity contribution >= 4 is 39.3 Å². The number of imide groups is 1. The van der Waals surface area contributed by atoms with Gasteiger partial charge in [0.05, 0.1) is 24.1 Å². The summed E-state index contributed by atoms with van der Waals surface area (Å²) in [6.07, 6.45) is 1.71. The second kappa shape index (κ2) is 6.41. The van der Waals surface area contributed by atoms with Gasteiger partial charge in [-0.25, -0.2) is 4.90 Å². The minimum absolute atomic E-state index is 0.153. The van der Waals surface area contributed by atoms with E-state index >= 15 is 0 Å². The van der Waals surface area contributed by atoms with Gasteiger partial charge in [-0.15, -0.1) is 0 Å². The van der Waals surface area contributed by atoms with Crippen molar-refractivity contribution in [1.29, 1.82) is 0 Å². The number of benzene rings is 1. The first-order valence-electron chi connectivity index (χ1n) is 7.63. The van der Waals surface area contributed by atoms with Gasteiger partial charge in [0.25, 0.3) is 5.91 Å². The Morgan fingerprint density at radius 3 is 2.57 bits per heavy atom. The lowest BCUT2D eigenvalue weighted by Gasteiger charge is -2.34. The van der Waals surface area contributed by atoms with E-state index in [-0.39, 0.29) is 30.1 Å². The molecule has 0 aliphatic carbocycles. The van der Waals surface area contributed by atoms with Crippen LogP contribution in [0.15, 0.2) is 28.7 Å². The van der Waals surface area contributed by atoms with Gasteiger partial charge in [0.2, 0.25) is 11.8 Å². The summed E-state index contributed by atoms with van der Waals surface area (Å²) in [5.41, 5.74) is 5.97. The van der Waals surface area contributed by atoms with Gasteiger partial charge >= 0.3 is 0 Å².